The molecule has 1 heterocycles. The third-order valence-electron chi connectivity index (χ3n) is 3.86. The van der Waals surface area contributed by atoms with Crippen molar-refractivity contribution < 1.29 is 14.5 Å². The average Bonchev–Trinajstić information content (AvgIpc) is 2.94. The van der Waals surface area contributed by atoms with Gasteiger partial charge >= 0.3 is 0 Å². The number of ether oxygens (including phenoxy) is 1. The fourth-order valence-electron chi connectivity index (χ4n) is 2.47. The van der Waals surface area contributed by atoms with Crippen LogP contribution >= 0.6 is 0 Å². The van der Waals surface area contributed by atoms with Gasteiger partial charge in [-0.1, -0.05) is 12.1 Å². The molecule has 2 atom stereocenters. The zero-order valence-corrected chi connectivity index (χ0v) is 12.1. The Balaban J connectivity index is 2.02. The molecule has 0 saturated carbocycles. The second-order valence-electron chi connectivity index (χ2n) is 5.08. The molecule has 114 valence electrons. The minimum atomic E-state index is -0.414. The van der Waals surface area contributed by atoms with Gasteiger partial charge in [-0.05, 0) is 19.5 Å². The molecule has 1 aliphatic heterocycles. The van der Waals surface area contributed by atoms with Gasteiger partial charge < -0.3 is 15.4 Å². The first-order valence-corrected chi connectivity index (χ1v) is 6.80. The minimum absolute atomic E-state index is 0.0104. The molecule has 21 heavy (non-hydrogen) atoms. The molecule has 1 fully saturated rings. The first kappa shape index (κ1) is 15.4. The van der Waals surface area contributed by atoms with Crippen LogP contribution in [0.3, 0.4) is 0 Å². The van der Waals surface area contributed by atoms with Crippen LogP contribution in [-0.4, -0.2) is 37.1 Å². The van der Waals surface area contributed by atoms with Gasteiger partial charge in [0.25, 0.3) is 5.69 Å². The van der Waals surface area contributed by atoms with Gasteiger partial charge in [-0.3, -0.25) is 14.9 Å². The lowest BCUT2D eigenvalue weighted by atomic mass is 10.0. The van der Waals surface area contributed by atoms with Gasteiger partial charge in [0.2, 0.25) is 5.91 Å². The molecule has 1 aromatic carbocycles. The summed E-state index contributed by atoms with van der Waals surface area (Å²) in [5.74, 6) is -0.327. The molecule has 0 radical (unpaired) electrons. The number of hydrogen-bond acceptors (Lipinski definition) is 5. The zero-order valence-electron chi connectivity index (χ0n) is 12.1. The highest BCUT2D eigenvalue weighted by Crippen LogP contribution is 2.21. The van der Waals surface area contributed by atoms with Crippen LogP contribution in [0.2, 0.25) is 0 Å². The van der Waals surface area contributed by atoms with E-state index in [0.29, 0.717) is 18.8 Å². The van der Waals surface area contributed by atoms with Crippen molar-refractivity contribution >= 4 is 11.6 Å². The summed E-state index contributed by atoms with van der Waals surface area (Å²) in [7, 11) is 1.80. The second kappa shape index (κ2) is 6.64. The molecular formula is C14H19N3O4. The predicted octanol–water partition coefficient (Wildman–Crippen LogP) is 0.754. The maximum Gasteiger partial charge on any atom is 0.272 e. The number of nitro benzene ring substituents is 1. The largest absolute Gasteiger partial charge is 0.379 e. The Hall–Kier alpha value is -1.99. The van der Waals surface area contributed by atoms with Gasteiger partial charge in [-0.2, -0.15) is 0 Å². The van der Waals surface area contributed by atoms with Crippen molar-refractivity contribution in [2.45, 2.75) is 19.5 Å². The van der Waals surface area contributed by atoms with Crippen molar-refractivity contribution in [2.24, 2.45) is 5.92 Å². The molecule has 0 bridgehead atoms. The summed E-state index contributed by atoms with van der Waals surface area (Å²) < 4.78 is 5.30. The third kappa shape index (κ3) is 3.37. The quantitative estimate of drug-likeness (QED) is 0.617. The van der Waals surface area contributed by atoms with Gasteiger partial charge in [0.1, 0.15) is 0 Å². The van der Waals surface area contributed by atoms with Gasteiger partial charge in [0.15, 0.2) is 0 Å². The van der Waals surface area contributed by atoms with E-state index in [1.54, 1.807) is 26.1 Å². The number of nitrogens with one attached hydrogen (secondary N) is 2. The molecule has 0 aliphatic carbocycles. The highest BCUT2D eigenvalue weighted by molar-refractivity contribution is 5.80. The minimum Gasteiger partial charge on any atom is -0.379 e. The van der Waals surface area contributed by atoms with Crippen molar-refractivity contribution in [3.63, 3.8) is 0 Å². The summed E-state index contributed by atoms with van der Waals surface area (Å²) in [6.07, 6.45) is 0. The fourth-order valence-corrected chi connectivity index (χ4v) is 2.47. The van der Waals surface area contributed by atoms with Crippen molar-refractivity contribution in [3.8, 4) is 0 Å². The van der Waals surface area contributed by atoms with Crippen LogP contribution in [0, 0.1) is 23.0 Å². The number of hydrogen-bond donors (Lipinski definition) is 2. The second-order valence-corrected chi connectivity index (χ2v) is 5.08. The Morgan fingerprint density at radius 1 is 1.48 bits per heavy atom. The van der Waals surface area contributed by atoms with E-state index in [1.807, 2.05) is 0 Å². The third-order valence-corrected chi connectivity index (χ3v) is 3.86. The normalized spacial score (nSPS) is 21.2. The summed E-state index contributed by atoms with van der Waals surface area (Å²) in [4.78, 5) is 22.6. The van der Waals surface area contributed by atoms with Crippen molar-refractivity contribution in [2.75, 3.05) is 20.3 Å². The van der Waals surface area contributed by atoms with Gasteiger partial charge in [0.05, 0.1) is 24.1 Å². The van der Waals surface area contributed by atoms with Crippen molar-refractivity contribution in [1.82, 2.24) is 10.6 Å². The number of carbonyl (C=O) groups excluding carboxylic acids is 1. The van der Waals surface area contributed by atoms with Crippen LogP contribution in [-0.2, 0) is 16.1 Å². The number of nitro groups is 1. The Morgan fingerprint density at radius 3 is 2.90 bits per heavy atom. The summed E-state index contributed by atoms with van der Waals surface area (Å²) >= 11 is 0. The summed E-state index contributed by atoms with van der Waals surface area (Å²) in [5, 5.41) is 16.8. The zero-order chi connectivity index (χ0) is 15.4. The first-order valence-electron chi connectivity index (χ1n) is 6.80. The van der Waals surface area contributed by atoms with Crippen LogP contribution in [0.15, 0.2) is 18.2 Å². The molecule has 7 nitrogen and oxygen atoms in total. The van der Waals surface area contributed by atoms with E-state index in [4.69, 9.17) is 4.74 Å². The molecule has 2 unspecified atom stereocenters. The fraction of sp³-hybridized carbons (Fsp3) is 0.500. The van der Waals surface area contributed by atoms with Gasteiger partial charge in [-0.15, -0.1) is 0 Å². The monoisotopic (exact) mass is 293 g/mol. The highest BCUT2D eigenvalue weighted by Gasteiger charge is 2.32. The number of nitrogens with zero attached hydrogens (tertiary/aromatic N) is 1. The van der Waals surface area contributed by atoms with Gasteiger partial charge in [0, 0.05) is 24.2 Å². The average molecular weight is 293 g/mol. The van der Waals surface area contributed by atoms with E-state index in [9.17, 15) is 14.9 Å². The molecule has 1 amide bonds. The molecule has 0 spiro atoms. The maximum absolute atomic E-state index is 12.2. The van der Waals surface area contributed by atoms with E-state index >= 15 is 0 Å². The summed E-state index contributed by atoms with van der Waals surface area (Å²) in [6, 6.07) is 4.88. The Morgan fingerprint density at radius 2 is 2.24 bits per heavy atom. The highest BCUT2D eigenvalue weighted by atomic mass is 16.6. The number of rotatable bonds is 5. The van der Waals surface area contributed by atoms with E-state index < -0.39 is 4.92 Å². The smallest absolute Gasteiger partial charge is 0.272 e. The molecule has 1 saturated heterocycles. The van der Waals surface area contributed by atoms with Crippen LogP contribution in [0.5, 0.6) is 0 Å². The number of carbonyl (C=O) groups is 1. The van der Waals surface area contributed by atoms with E-state index in [0.717, 1.165) is 5.56 Å². The Bertz CT molecular complexity index is 547. The lowest BCUT2D eigenvalue weighted by Gasteiger charge is -2.16. The summed E-state index contributed by atoms with van der Waals surface area (Å²) in [6.45, 7) is 2.88. The Kier molecular flexibility index (Phi) is 4.87. The molecule has 1 aromatic rings. The van der Waals surface area contributed by atoms with Crippen LogP contribution in [0.4, 0.5) is 5.69 Å². The predicted molar refractivity (Wildman–Crippen MR) is 76.8 cm³/mol. The molecule has 7 heteroatoms. The number of amides is 1. The lowest BCUT2D eigenvalue weighted by molar-refractivity contribution is -0.385. The summed E-state index contributed by atoms with van der Waals surface area (Å²) in [5.41, 5.74) is 1.40. The Labute approximate surface area is 122 Å². The first-order chi connectivity index (χ1) is 10.0. The molecular weight excluding hydrogens is 274 g/mol. The topological polar surface area (TPSA) is 93.5 Å². The van der Waals surface area contributed by atoms with Crippen LogP contribution < -0.4 is 10.6 Å². The van der Waals surface area contributed by atoms with E-state index in [2.05, 4.69) is 10.6 Å². The standard InChI is InChI=1S/C14H19N3O4/c1-9-10(4-3-5-13(9)17(19)20)6-16-14(18)11-7-21-8-12(11)15-2/h3-5,11-12,15H,6-8H2,1-2H3,(H,16,18). The molecule has 2 N–H and O–H groups in total. The number of likely N-dealkylation sites (N-methyl/N-ethyl adjacent to an activating group) is 1. The van der Waals surface area contributed by atoms with E-state index in [-0.39, 0.29) is 30.1 Å². The van der Waals surface area contributed by atoms with Crippen LogP contribution in [0.1, 0.15) is 11.1 Å². The van der Waals surface area contributed by atoms with Crippen molar-refractivity contribution in [1.29, 1.82) is 0 Å². The molecule has 2 rings (SSSR count). The van der Waals surface area contributed by atoms with E-state index in [1.165, 1.54) is 6.07 Å². The lowest BCUT2D eigenvalue weighted by Crippen LogP contribution is -2.42. The molecule has 0 aromatic heterocycles. The number of benzene rings is 1. The van der Waals surface area contributed by atoms with Gasteiger partial charge in [-0.25, -0.2) is 0 Å². The van der Waals surface area contributed by atoms with Crippen LogP contribution in [0.25, 0.3) is 0 Å². The molecule has 1 aliphatic rings. The maximum atomic E-state index is 12.2. The van der Waals surface area contributed by atoms with Crippen molar-refractivity contribution in [3.05, 3.63) is 39.4 Å². The SMILES string of the molecule is CNC1COCC1C(=O)NCc1cccc([N+](=O)[O-])c1C.